The van der Waals surface area contributed by atoms with Gasteiger partial charge in [0.2, 0.25) is 0 Å². The predicted molar refractivity (Wildman–Crippen MR) is 109 cm³/mol. The molecule has 0 saturated carbocycles. The summed E-state index contributed by atoms with van der Waals surface area (Å²) in [6.45, 7) is 4.59. The normalized spacial score (nSPS) is 10.1. The van der Waals surface area contributed by atoms with Crippen molar-refractivity contribution in [3.63, 3.8) is 0 Å². The second-order valence-electron chi connectivity index (χ2n) is 6.21. The Morgan fingerprint density at radius 1 is 0.667 bits per heavy atom. The predicted octanol–water partition coefficient (Wildman–Crippen LogP) is 7.08. The molecular weight excluding hydrogens is 351 g/mol. The summed E-state index contributed by atoms with van der Waals surface area (Å²) in [5.74, 6) is 0. The molecule has 0 heterocycles. The smallest absolute Gasteiger partial charge is 0 e. The minimum atomic E-state index is 0. The minimum Gasteiger partial charge on any atom is -0.748 e. The topological polar surface area (TPSA) is 0 Å². The zero-order chi connectivity index (χ0) is 16.6. The molecule has 0 fully saturated rings. The van der Waals surface area contributed by atoms with E-state index < -0.39 is 0 Å². The summed E-state index contributed by atoms with van der Waals surface area (Å²) in [7, 11) is 0.148. The van der Waals surface area contributed by atoms with Crippen LogP contribution in [0.15, 0.2) is 54.6 Å². The van der Waals surface area contributed by atoms with Gasteiger partial charge in [0, 0.05) is 17.1 Å². The quantitative estimate of drug-likeness (QED) is 0.168. The van der Waals surface area contributed by atoms with Crippen molar-refractivity contribution in [3.05, 3.63) is 54.6 Å². The van der Waals surface area contributed by atoms with Crippen molar-refractivity contribution in [2.45, 2.75) is 65.2 Å². The molecule has 0 bridgehead atoms. The molecule has 2 aromatic carbocycles. The average Bonchev–Trinajstić information content (AvgIpc) is 3.28. The van der Waals surface area contributed by atoms with E-state index in [1.807, 2.05) is 30.3 Å². The van der Waals surface area contributed by atoms with E-state index in [0.717, 1.165) is 0 Å². The monoisotopic (exact) mass is 386 g/mol. The van der Waals surface area contributed by atoms with Crippen molar-refractivity contribution < 1.29 is 17.1 Å². The van der Waals surface area contributed by atoms with Crippen molar-refractivity contribution in [1.82, 2.24) is 0 Å². The molecule has 2 heteroatoms. The van der Waals surface area contributed by atoms with Gasteiger partial charge in [0.1, 0.15) is 0 Å². The fourth-order valence-corrected chi connectivity index (χ4v) is 5.27. The maximum atomic E-state index is 2.35. The molecule has 0 radical (unpaired) electrons. The molecule has 0 spiro atoms. The molecule has 0 aliphatic rings. The molecule has 24 heavy (non-hydrogen) atoms. The van der Waals surface area contributed by atoms with Crippen LogP contribution >= 0.6 is 7.92 Å². The van der Waals surface area contributed by atoms with Crippen LogP contribution in [0.5, 0.6) is 0 Å². The van der Waals surface area contributed by atoms with Crippen LogP contribution in [0, 0.1) is 0 Å². The molecule has 2 rings (SSSR count). The average molecular weight is 386 g/mol. The zero-order valence-electron chi connectivity index (χ0n) is 15.6. The van der Waals surface area contributed by atoms with Gasteiger partial charge >= 0.3 is 0 Å². The molecule has 0 aliphatic carbocycles. The Labute approximate surface area is 162 Å². The Balaban J connectivity index is 0.000000751. The van der Waals surface area contributed by atoms with Crippen LogP contribution in [0.25, 0.3) is 0 Å². The summed E-state index contributed by atoms with van der Waals surface area (Å²) in [6, 6.07) is 19.1. The van der Waals surface area contributed by atoms with Gasteiger partial charge in [0.05, 0.1) is 0 Å². The fraction of sp³-hybridized carbons (Fsp3) is 0.545. The van der Waals surface area contributed by atoms with Gasteiger partial charge in [-0.25, -0.2) is 12.1 Å². The standard InChI is InChI=1S/C17H30P.C5H5.Fe/c1-3-5-7-11-15-18(16-12-8-6-4-2)17-13-9-10-14-17;1-2-4-5-3-1;/h9-10,13-14H,3-8,11-12,15-16H2,1-2H3;1-5H;/q-1;-5;. The third-order valence-corrected chi connectivity index (χ3v) is 6.87. The summed E-state index contributed by atoms with van der Waals surface area (Å²) < 4.78 is 0. The van der Waals surface area contributed by atoms with Gasteiger partial charge in [-0.15, -0.1) is 13.2 Å². The summed E-state index contributed by atoms with van der Waals surface area (Å²) in [6.07, 6.45) is 14.2. The van der Waals surface area contributed by atoms with Crippen LogP contribution in [0.2, 0.25) is 0 Å². The maximum Gasteiger partial charge on any atom is 0 e. The molecule has 0 atom stereocenters. The molecule has 0 unspecified atom stereocenters. The third kappa shape index (κ3) is 12.1. The summed E-state index contributed by atoms with van der Waals surface area (Å²) in [5.41, 5.74) is 0. The van der Waals surface area contributed by atoms with Gasteiger partial charge in [0.15, 0.2) is 0 Å². The Morgan fingerprint density at radius 2 is 1.08 bits per heavy atom. The van der Waals surface area contributed by atoms with Gasteiger partial charge in [-0.1, -0.05) is 52.4 Å². The third-order valence-electron chi connectivity index (χ3n) is 4.13. The number of rotatable bonds is 11. The second kappa shape index (κ2) is 17.5. The molecule has 0 nitrogen and oxygen atoms in total. The van der Waals surface area contributed by atoms with Crippen LogP contribution < -0.4 is 5.30 Å². The van der Waals surface area contributed by atoms with Gasteiger partial charge in [-0.05, 0) is 25.2 Å². The van der Waals surface area contributed by atoms with Crippen LogP contribution in [-0.4, -0.2) is 12.3 Å². The van der Waals surface area contributed by atoms with E-state index in [9.17, 15) is 0 Å². The maximum absolute atomic E-state index is 2.35. The number of hydrogen-bond donors (Lipinski definition) is 0. The van der Waals surface area contributed by atoms with Gasteiger partial charge in [-0.2, -0.15) is 12.1 Å². The Bertz CT molecular complexity index is 390. The van der Waals surface area contributed by atoms with E-state index in [-0.39, 0.29) is 25.0 Å². The van der Waals surface area contributed by atoms with Crippen LogP contribution in [0.4, 0.5) is 0 Å². The van der Waals surface area contributed by atoms with Crippen LogP contribution in [0.1, 0.15) is 65.2 Å². The summed E-state index contributed by atoms with van der Waals surface area (Å²) in [5, 5.41) is 1.65. The summed E-state index contributed by atoms with van der Waals surface area (Å²) >= 11 is 0. The van der Waals surface area contributed by atoms with Gasteiger partial charge < -0.3 is 30.3 Å². The molecule has 0 N–H and O–H groups in total. The van der Waals surface area contributed by atoms with E-state index >= 15 is 0 Å². The minimum absolute atomic E-state index is 0. The number of unbranched alkanes of at least 4 members (excludes halogenated alkanes) is 6. The Morgan fingerprint density at radius 3 is 1.46 bits per heavy atom. The fourth-order valence-electron chi connectivity index (χ4n) is 2.72. The van der Waals surface area contributed by atoms with E-state index in [4.69, 9.17) is 0 Å². The van der Waals surface area contributed by atoms with Crippen molar-refractivity contribution in [2.24, 2.45) is 0 Å². The molecule has 0 aromatic heterocycles. The van der Waals surface area contributed by atoms with Gasteiger partial charge in [-0.3, -0.25) is 0 Å². The molecule has 0 saturated heterocycles. The first-order chi connectivity index (χ1) is 11.4. The second-order valence-corrected chi connectivity index (χ2v) is 8.70. The molecule has 142 valence electrons. The molecule has 2 aromatic rings. The first-order valence-electron chi connectivity index (χ1n) is 9.51. The van der Waals surface area contributed by atoms with Crippen molar-refractivity contribution >= 4 is 13.2 Å². The van der Waals surface area contributed by atoms with E-state index in [1.54, 1.807) is 5.30 Å². The SMILES string of the molecule is CCCCCCP(CCCCCC)[c-]1cccc1.[Fe].[cH-]1[cH-][cH-][cH-][cH-]1. The van der Waals surface area contributed by atoms with Crippen molar-refractivity contribution in [3.8, 4) is 0 Å². The van der Waals surface area contributed by atoms with Crippen LogP contribution in [-0.2, 0) is 17.1 Å². The number of hydrogen-bond acceptors (Lipinski definition) is 0. The van der Waals surface area contributed by atoms with Crippen molar-refractivity contribution in [2.75, 3.05) is 12.3 Å². The zero-order valence-corrected chi connectivity index (χ0v) is 17.6. The van der Waals surface area contributed by atoms with Crippen LogP contribution in [0.3, 0.4) is 0 Å². The van der Waals surface area contributed by atoms with Crippen molar-refractivity contribution in [1.29, 1.82) is 0 Å². The Kier molecular flexibility index (Phi) is 17.2. The van der Waals surface area contributed by atoms with Gasteiger partial charge in [0.25, 0.3) is 0 Å². The van der Waals surface area contributed by atoms with E-state index in [2.05, 4.69) is 38.1 Å². The first-order valence-corrected chi connectivity index (χ1v) is 11.2. The first kappa shape index (κ1) is 23.6. The molecule has 0 amide bonds. The largest absolute Gasteiger partial charge is 0.748 e. The Hall–Kier alpha value is -0.351. The molecular formula is C22H35FeP-6. The molecule has 0 aliphatic heterocycles. The summed E-state index contributed by atoms with van der Waals surface area (Å²) in [4.78, 5) is 0. The van der Waals surface area contributed by atoms with E-state index in [1.165, 1.54) is 63.7 Å². The van der Waals surface area contributed by atoms with E-state index in [0.29, 0.717) is 0 Å².